The summed E-state index contributed by atoms with van der Waals surface area (Å²) in [5.74, 6) is -1.11. The average Bonchev–Trinajstić information content (AvgIpc) is 2.72. The predicted molar refractivity (Wildman–Crippen MR) is 65.1 cm³/mol. The molecule has 0 saturated carbocycles. The maximum absolute atomic E-state index is 13.0. The first-order valence-corrected chi connectivity index (χ1v) is 5.83. The molecule has 0 atom stereocenters. The number of hydrogen-bond donors (Lipinski definition) is 1. The number of benzene rings is 1. The Hall–Kier alpha value is -1.75. The summed E-state index contributed by atoms with van der Waals surface area (Å²) in [6.45, 7) is 4.00. The van der Waals surface area contributed by atoms with Crippen LogP contribution in [-0.2, 0) is 13.1 Å². The van der Waals surface area contributed by atoms with Crippen LogP contribution in [0.15, 0.2) is 30.7 Å². The number of imidazole rings is 1. The molecule has 3 nitrogen and oxygen atoms in total. The monoisotopic (exact) mass is 251 g/mol. The quantitative estimate of drug-likeness (QED) is 0.883. The number of hydrogen-bond acceptors (Lipinski definition) is 2. The molecule has 1 aromatic heterocycles. The third-order valence-electron chi connectivity index (χ3n) is 2.53. The second kappa shape index (κ2) is 5.73. The first kappa shape index (κ1) is 12.7. The highest BCUT2D eigenvalue weighted by atomic mass is 19.1. The molecule has 1 N–H and O–H groups in total. The summed E-state index contributed by atoms with van der Waals surface area (Å²) in [5.41, 5.74) is 1.49. The van der Waals surface area contributed by atoms with Crippen molar-refractivity contribution in [2.75, 3.05) is 6.54 Å². The van der Waals surface area contributed by atoms with Gasteiger partial charge in [0.25, 0.3) is 0 Å². The van der Waals surface area contributed by atoms with E-state index in [2.05, 4.69) is 10.3 Å². The molecule has 96 valence electrons. The van der Waals surface area contributed by atoms with E-state index in [0.717, 1.165) is 18.3 Å². The van der Waals surface area contributed by atoms with E-state index in [9.17, 15) is 8.78 Å². The maximum atomic E-state index is 13.0. The number of halogens is 2. The van der Waals surface area contributed by atoms with E-state index in [1.54, 1.807) is 10.9 Å². The topological polar surface area (TPSA) is 29.9 Å². The molecule has 0 fully saturated rings. The minimum atomic E-state index is -0.557. The van der Waals surface area contributed by atoms with Gasteiger partial charge in [-0.2, -0.15) is 0 Å². The van der Waals surface area contributed by atoms with Crippen LogP contribution in [0, 0.1) is 11.6 Å². The summed E-state index contributed by atoms with van der Waals surface area (Å²) in [5, 5.41) is 3.16. The average molecular weight is 251 g/mol. The van der Waals surface area contributed by atoms with Gasteiger partial charge in [-0.25, -0.2) is 13.8 Å². The zero-order valence-corrected chi connectivity index (χ0v) is 10.2. The van der Waals surface area contributed by atoms with Gasteiger partial charge in [0.15, 0.2) is 0 Å². The number of nitrogens with one attached hydrogen (secondary N) is 1. The van der Waals surface area contributed by atoms with Crippen molar-refractivity contribution in [2.45, 2.75) is 20.0 Å². The Labute approximate surface area is 104 Å². The fourth-order valence-electron chi connectivity index (χ4n) is 1.75. The highest BCUT2D eigenvalue weighted by molar-refractivity contribution is 5.18. The molecular weight excluding hydrogens is 236 g/mol. The van der Waals surface area contributed by atoms with Gasteiger partial charge < -0.3 is 9.88 Å². The normalized spacial score (nSPS) is 10.8. The smallest absolute Gasteiger partial charge is 0.126 e. The molecule has 0 amide bonds. The van der Waals surface area contributed by atoms with Crippen molar-refractivity contribution in [3.8, 4) is 0 Å². The Kier molecular flexibility index (Phi) is 4.04. The van der Waals surface area contributed by atoms with E-state index in [4.69, 9.17) is 0 Å². The highest BCUT2D eigenvalue weighted by Gasteiger charge is 2.03. The first-order chi connectivity index (χ1) is 8.67. The zero-order chi connectivity index (χ0) is 13.0. The van der Waals surface area contributed by atoms with E-state index >= 15 is 0 Å². The summed E-state index contributed by atoms with van der Waals surface area (Å²) in [4.78, 5) is 4.21. The van der Waals surface area contributed by atoms with Gasteiger partial charge in [0.1, 0.15) is 11.6 Å². The Morgan fingerprint density at radius 3 is 2.61 bits per heavy atom. The van der Waals surface area contributed by atoms with E-state index in [-0.39, 0.29) is 0 Å². The molecule has 1 aromatic carbocycles. The minimum absolute atomic E-state index is 0.411. The van der Waals surface area contributed by atoms with Crippen LogP contribution in [0.4, 0.5) is 8.78 Å². The first-order valence-electron chi connectivity index (χ1n) is 5.83. The number of aromatic nitrogens is 2. The maximum Gasteiger partial charge on any atom is 0.126 e. The fraction of sp³-hybridized carbons (Fsp3) is 0.308. The lowest BCUT2D eigenvalue weighted by Gasteiger charge is -2.03. The van der Waals surface area contributed by atoms with Gasteiger partial charge in [0.2, 0.25) is 0 Å². The van der Waals surface area contributed by atoms with Crippen molar-refractivity contribution >= 4 is 0 Å². The van der Waals surface area contributed by atoms with Crippen LogP contribution >= 0.6 is 0 Å². The third-order valence-corrected chi connectivity index (χ3v) is 2.53. The molecule has 2 aromatic rings. The molecule has 0 aliphatic rings. The summed E-state index contributed by atoms with van der Waals surface area (Å²) in [7, 11) is 0. The summed E-state index contributed by atoms with van der Waals surface area (Å²) in [6.07, 6.45) is 3.53. The van der Waals surface area contributed by atoms with Gasteiger partial charge in [-0.3, -0.25) is 0 Å². The van der Waals surface area contributed by atoms with Gasteiger partial charge in [0.05, 0.1) is 12.0 Å². The standard InChI is InChI=1S/C13H15F2N3/c1-2-16-6-13-8-18(9-17-13)7-10-3-11(14)5-12(15)4-10/h3-5,8-9,16H,2,6-7H2,1H3. The highest BCUT2D eigenvalue weighted by Crippen LogP contribution is 2.10. The van der Waals surface area contributed by atoms with Crippen LogP contribution < -0.4 is 5.32 Å². The van der Waals surface area contributed by atoms with E-state index in [0.29, 0.717) is 18.7 Å². The fourth-order valence-corrected chi connectivity index (χ4v) is 1.75. The molecular formula is C13H15F2N3. The van der Waals surface area contributed by atoms with Gasteiger partial charge in [-0.15, -0.1) is 0 Å². The van der Waals surface area contributed by atoms with E-state index in [1.165, 1.54) is 12.1 Å². The van der Waals surface area contributed by atoms with Crippen molar-refractivity contribution in [1.82, 2.24) is 14.9 Å². The van der Waals surface area contributed by atoms with Crippen LogP contribution in [0.3, 0.4) is 0 Å². The molecule has 5 heteroatoms. The summed E-state index contributed by atoms with van der Waals surface area (Å²) >= 11 is 0. The molecule has 0 radical (unpaired) electrons. The molecule has 18 heavy (non-hydrogen) atoms. The molecule has 0 bridgehead atoms. The van der Waals surface area contributed by atoms with Gasteiger partial charge in [-0.1, -0.05) is 6.92 Å². The number of rotatable bonds is 5. The molecule has 0 spiro atoms. The molecule has 0 unspecified atom stereocenters. The second-order valence-corrected chi connectivity index (χ2v) is 4.10. The predicted octanol–water partition coefficient (Wildman–Crippen LogP) is 2.32. The van der Waals surface area contributed by atoms with Crippen LogP contribution in [0.1, 0.15) is 18.2 Å². The lowest BCUT2D eigenvalue weighted by atomic mass is 10.2. The zero-order valence-electron chi connectivity index (χ0n) is 10.2. The van der Waals surface area contributed by atoms with Gasteiger partial charge in [-0.05, 0) is 24.2 Å². The van der Waals surface area contributed by atoms with Crippen molar-refractivity contribution in [2.24, 2.45) is 0 Å². The molecule has 0 saturated heterocycles. The van der Waals surface area contributed by atoms with Gasteiger partial charge in [0, 0.05) is 25.4 Å². The molecule has 2 rings (SSSR count). The van der Waals surface area contributed by atoms with E-state index in [1.807, 2.05) is 13.1 Å². The Balaban J connectivity index is 2.06. The SMILES string of the molecule is CCNCc1cn(Cc2cc(F)cc(F)c2)cn1. The van der Waals surface area contributed by atoms with Crippen LogP contribution in [0.5, 0.6) is 0 Å². The van der Waals surface area contributed by atoms with Crippen molar-refractivity contribution in [3.63, 3.8) is 0 Å². The number of nitrogens with zero attached hydrogens (tertiary/aromatic N) is 2. The lowest BCUT2D eigenvalue weighted by Crippen LogP contribution is -2.11. The second-order valence-electron chi connectivity index (χ2n) is 4.10. The van der Waals surface area contributed by atoms with Crippen molar-refractivity contribution in [1.29, 1.82) is 0 Å². The Morgan fingerprint density at radius 1 is 1.22 bits per heavy atom. The third kappa shape index (κ3) is 3.37. The summed E-state index contributed by atoms with van der Waals surface area (Å²) in [6, 6.07) is 3.52. The Morgan fingerprint density at radius 2 is 1.94 bits per heavy atom. The molecule has 0 aliphatic heterocycles. The van der Waals surface area contributed by atoms with Crippen LogP contribution in [0.25, 0.3) is 0 Å². The van der Waals surface area contributed by atoms with Crippen molar-refractivity contribution < 1.29 is 8.78 Å². The van der Waals surface area contributed by atoms with Gasteiger partial charge >= 0.3 is 0 Å². The van der Waals surface area contributed by atoms with Crippen LogP contribution in [0.2, 0.25) is 0 Å². The largest absolute Gasteiger partial charge is 0.333 e. The Bertz CT molecular complexity index is 502. The van der Waals surface area contributed by atoms with E-state index < -0.39 is 11.6 Å². The lowest BCUT2D eigenvalue weighted by molar-refractivity contribution is 0.577. The summed E-state index contributed by atoms with van der Waals surface area (Å²) < 4.78 is 27.9. The van der Waals surface area contributed by atoms with Crippen molar-refractivity contribution in [3.05, 3.63) is 53.6 Å². The molecule has 1 heterocycles. The minimum Gasteiger partial charge on any atom is -0.333 e. The molecule has 0 aliphatic carbocycles. The van der Waals surface area contributed by atoms with Crippen LogP contribution in [-0.4, -0.2) is 16.1 Å².